The van der Waals surface area contributed by atoms with Gasteiger partial charge < -0.3 is 9.42 Å². The van der Waals surface area contributed by atoms with Crippen LogP contribution in [0, 0.1) is 0 Å². The van der Waals surface area contributed by atoms with E-state index in [2.05, 4.69) is 20.1 Å². The van der Waals surface area contributed by atoms with Crippen LogP contribution in [0.25, 0.3) is 11.5 Å². The second kappa shape index (κ2) is 7.82. The van der Waals surface area contributed by atoms with Crippen LogP contribution >= 0.6 is 0 Å². The number of benzene rings is 1. The highest BCUT2D eigenvalue weighted by molar-refractivity contribution is 7.89. The van der Waals surface area contributed by atoms with Gasteiger partial charge in [0, 0.05) is 44.1 Å². The third-order valence-electron chi connectivity index (χ3n) is 5.56. The van der Waals surface area contributed by atoms with Crippen LogP contribution in [0.4, 0.5) is 0 Å². The smallest absolute Gasteiger partial charge is 0.253 e. The van der Waals surface area contributed by atoms with Gasteiger partial charge in [0.2, 0.25) is 21.7 Å². The van der Waals surface area contributed by atoms with Crippen molar-refractivity contribution >= 4 is 15.9 Å². The molecule has 0 aliphatic carbocycles. The van der Waals surface area contributed by atoms with Gasteiger partial charge in [0.05, 0.1) is 17.0 Å². The predicted molar refractivity (Wildman–Crippen MR) is 108 cm³/mol. The van der Waals surface area contributed by atoms with Crippen LogP contribution in [-0.2, 0) is 10.0 Å². The highest BCUT2D eigenvalue weighted by Crippen LogP contribution is 2.29. The summed E-state index contributed by atoms with van der Waals surface area (Å²) in [5.74, 6) is 0.617. The average molecular weight is 440 g/mol. The van der Waals surface area contributed by atoms with E-state index in [1.165, 1.54) is 16.4 Å². The van der Waals surface area contributed by atoms with Gasteiger partial charge >= 0.3 is 0 Å². The minimum absolute atomic E-state index is 0.0447. The summed E-state index contributed by atoms with van der Waals surface area (Å²) in [6.07, 6.45) is 6.43. The Balaban J connectivity index is 1.22. The lowest BCUT2D eigenvalue weighted by molar-refractivity contribution is 0.0569. The van der Waals surface area contributed by atoms with E-state index in [9.17, 15) is 13.2 Å². The Labute approximate surface area is 179 Å². The van der Waals surface area contributed by atoms with Gasteiger partial charge in [-0.05, 0) is 37.1 Å². The summed E-state index contributed by atoms with van der Waals surface area (Å²) in [5.41, 5.74) is 0.971. The standard InChI is InChI=1S/C20H20N6O4S/c27-20(14-3-5-16(6-4-14)31(28,29)26-9-1-2-10-26)25-12-15(13-25)19-23-18(24-30-19)17-11-21-7-8-22-17/h3-8,11,15H,1-2,9-10,12-13H2. The first-order chi connectivity index (χ1) is 15.0. The van der Waals surface area contributed by atoms with Crippen molar-refractivity contribution < 1.29 is 17.7 Å². The van der Waals surface area contributed by atoms with Crippen molar-refractivity contribution in [2.24, 2.45) is 0 Å². The lowest BCUT2D eigenvalue weighted by Crippen LogP contribution is -2.48. The molecule has 0 saturated carbocycles. The third kappa shape index (κ3) is 3.70. The van der Waals surface area contributed by atoms with Crippen molar-refractivity contribution in [2.75, 3.05) is 26.2 Å². The number of nitrogens with zero attached hydrogens (tertiary/aromatic N) is 6. The van der Waals surface area contributed by atoms with E-state index in [4.69, 9.17) is 4.52 Å². The Morgan fingerprint density at radius 2 is 1.81 bits per heavy atom. The lowest BCUT2D eigenvalue weighted by atomic mass is 9.99. The van der Waals surface area contributed by atoms with Crippen LogP contribution in [0.5, 0.6) is 0 Å². The first-order valence-electron chi connectivity index (χ1n) is 10.0. The molecule has 1 aromatic carbocycles. The van der Waals surface area contributed by atoms with Gasteiger partial charge in [-0.3, -0.25) is 9.78 Å². The van der Waals surface area contributed by atoms with Crippen LogP contribution < -0.4 is 0 Å². The molecule has 3 aromatic rings. The summed E-state index contributed by atoms with van der Waals surface area (Å²) < 4.78 is 32.1. The molecule has 11 heteroatoms. The summed E-state index contributed by atoms with van der Waals surface area (Å²) in [5, 5.41) is 3.93. The molecule has 0 atom stereocenters. The van der Waals surface area contributed by atoms with E-state index in [1.54, 1.807) is 35.6 Å². The zero-order valence-electron chi connectivity index (χ0n) is 16.6. The van der Waals surface area contributed by atoms with Gasteiger partial charge in [-0.25, -0.2) is 13.4 Å². The average Bonchev–Trinajstić information content (AvgIpc) is 3.46. The molecule has 2 fully saturated rings. The zero-order valence-corrected chi connectivity index (χ0v) is 17.4. The summed E-state index contributed by atoms with van der Waals surface area (Å²) in [6, 6.07) is 6.14. The molecule has 0 bridgehead atoms. The van der Waals surface area contributed by atoms with Crippen molar-refractivity contribution in [1.82, 2.24) is 29.3 Å². The number of likely N-dealkylation sites (tertiary alicyclic amines) is 1. The van der Waals surface area contributed by atoms with E-state index in [1.807, 2.05) is 0 Å². The first-order valence-corrected chi connectivity index (χ1v) is 11.5. The van der Waals surface area contributed by atoms with Crippen molar-refractivity contribution in [1.29, 1.82) is 0 Å². The molecule has 2 aliphatic rings. The fraction of sp³-hybridized carbons (Fsp3) is 0.350. The maximum absolute atomic E-state index is 12.7. The topological polar surface area (TPSA) is 122 Å². The molecule has 2 aromatic heterocycles. The summed E-state index contributed by atoms with van der Waals surface area (Å²) >= 11 is 0. The van der Waals surface area contributed by atoms with E-state index in [0.717, 1.165) is 12.8 Å². The van der Waals surface area contributed by atoms with Crippen LogP contribution in [0.1, 0.15) is 35.0 Å². The molecular weight excluding hydrogens is 420 g/mol. The SMILES string of the molecule is O=C(c1ccc(S(=O)(=O)N2CCCC2)cc1)N1CC(c2nc(-c3cnccn3)no2)C1. The molecule has 2 aliphatic heterocycles. The molecule has 2 saturated heterocycles. The highest BCUT2D eigenvalue weighted by atomic mass is 32.2. The van der Waals surface area contributed by atoms with Crippen molar-refractivity contribution in [3.05, 3.63) is 54.3 Å². The Hall–Kier alpha value is -3.18. The number of hydrogen-bond acceptors (Lipinski definition) is 8. The largest absolute Gasteiger partial charge is 0.338 e. The maximum atomic E-state index is 12.7. The molecule has 10 nitrogen and oxygen atoms in total. The van der Waals surface area contributed by atoms with Crippen molar-refractivity contribution in [3.63, 3.8) is 0 Å². The molecule has 5 rings (SSSR count). The minimum atomic E-state index is -3.49. The summed E-state index contributed by atoms with van der Waals surface area (Å²) in [4.78, 5) is 27.1. The van der Waals surface area contributed by atoms with Gasteiger partial charge in [0.1, 0.15) is 5.69 Å². The Morgan fingerprint density at radius 3 is 2.48 bits per heavy atom. The number of carbonyl (C=O) groups excluding carboxylic acids is 1. The third-order valence-corrected chi connectivity index (χ3v) is 7.47. The van der Waals surface area contributed by atoms with Gasteiger partial charge in [-0.1, -0.05) is 5.16 Å². The number of sulfonamides is 1. The normalized spacial score (nSPS) is 17.6. The fourth-order valence-corrected chi connectivity index (χ4v) is 5.27. The number of hydrogen-bond donors (Lipinski definition) is 0. The molecule has 160 valence electrons. The predicted octanol–water partition coefficient (Wildman–Crippen LogP) is 1.55. The Bertz CT molecular complexity index is 1180. The van der Waals surface area contributed by atoms with E-state index < -0.39 is 10.0 Å². The number of amides is 1. The fourth-order valence-electron chi connectivity index (χ4n) is 3.75. The van der Waals surface area contributed by atoms with Gasteiger partial charge in [0.25, 0.3) is 5.91 Å². The van der Waals surface area contributed by atoms with Crippen LogP contribution in [0.3, 0.4) is 0 Å². The molecule has 0 unspecified atom stereocenters. The van der Waals surface area contributed by atoms with Crippen molar-refractivity contribution in [3.8, 4) is 11.5 Å². The molecule has 31 heavy (non-hydrogen) atoms. The zero-order chi connectivity index (χ0) is 21.4. The number of carbonyl (C=O) groups is 1. The van der Waals surface area contributed by atoms with Gasteiger partial charge in [0.15, 0.2) is 0 Å². The van der Waals surface area contributed by atoms with Crippen LogP contribution in [-0.4, -0.2) is 69.8 Å². The first kappa shape index (κ1) is 19.8. The molecule has 4 heterocycles. The second-order valence-electron chi connectivity index (χ2n) is 7.59. The molecule has 0 radical (unpaired) electrons. The van der Waals surface area contributed by atoms with Crippen molar-refractivity contribution in [2.45, 2.75) is 23.7 Å². The minimum Gasteiger partial charge on any atom is -0.338 e. The molecular formula is C20H20N6O4S. The molecule has 0 spiro atoms. The number of aromatic nitrogens is 4. The number of rotatable bonds is 5. The van der Waals surface area contributed by atoms with Gasteiger partial charge in [-0.15, -0.1) is 0 Å². The van der Waals surface area contributed by atoms with Gasteiger partial charge in [-0.2, -0.15) is 9.29 Å². The van der Waals surface area contributed by atoms with Crippen LogP contribution in [0.2, 0.25) is 0 Å². The molecule has 1 amide bonds. The highest BCUT2D eigenvalue weighted by Gasteiger charge is 2.36. The van der Waals surface area contributed by atoms with E-state index in [-0.39, 0.29) is 16.7 Å². The van der Waals surface area contributed by atoms with E-state index in [0.29, 0.717) is 49.2 Å². The Morgan fingerprint density at radius 1 is 1.06 bits per heavy atom. The summed E-state index contributed by atoms with van der Waals surface area (Å²) in [6.45, 7) is 2.00. The quantitative estimate of drug-likeness (QED) is 0.586. The summed E-state index contributed by atoms with van der Waals surface area (Å²) in [7, 11) is -3.49. The molecule has 0 N–H and O–H groups in total. The van der Waals surface area contributed by atoms with Crippen LogP contribution in [0.15, 0.2) is 52.3 Å². The van der Waals surface area contributed by atoms with E-state index >= 15 is 0 Å². The maximum Gasteiger partial charge on any atom is 0.253 e. The monoisotopic (exact) mass is 440 g/mol. The second-order valence-corrected chi connectivity index (χ2v) is 9.53. The lowest BCUT2D eigenvalue weighted by Gasteiger charge is -2.37. The Kier molecular flexibility index (Phi) is 4.98.